The van der Waals surface area contributed by atoms with Gasteiger partial charge < -0.3 is 24.6 Å². The maximum atomic E-state index is 12.3. The first-order chi connectivity index (χ1) is 14.6. The smallest absolute Gasteiger partial charge is 0.360 e. The molecule has 0 amide bonds. The van der Waals surface area contributed by atoms with Crippen LogP contribution in [0.3, 0.4) is 0 Å². The van der Waals surface area contributed by atoms with Crippen molar-refractivity contribution in [1.82, 2.24) is 9.97 Å². The lowest BCUT2D eigenvalue weighted by Crippen LogP contribution is -2.18. The second-order valence-electron chi connectivity index (χ2n) is 7.71. The number of aliphatic hydroxyl groups excluding tert-OH is 1. The van der Waals surface area contributed by atoms with Gasteiger partial charge in [-0.3, -0.25) is 0 Å². The number of nitrogens with one attached hydrogen (secondary N) is 1. The quantitative estimate of drug-likeness (QED) is 0.525. The number of ether oxygens (including phenoxy) is 3. The van der Waals surface area contributed by atoms with Gasteiger partial charge in [0.2, 0.25) is 0 Å². The zero-order chi connectivity index (χ0) is 21.1. The maximum absolute atomic E-state index is 12.3. The van der Waals surface area contributed by atoms with Gasteiger partial charge in [-0.1, -0.05) is 12.1 Å². The van der Waals surface area contributed by atoms with E-state index in [1.54, 1.807) is 13.1 Å². The minimum atomic E-state index is -0.991. The van der Waals surface area contributed by atoms with Crippen molar-refractivity contribution in [3.8, 4) is 5.75 Å². The Hall–Kier alpha value is -2.71. The van der Waals surface area contributed by atoms with E-state index in [9.17, 15) is 9.90 Å². The van der Waals surface area contributed by atoms with Crippen LogP contribution in [0, 0.1) is 0 Å². The molecule has 1 aliphatic heterocycles. The lowest BCUT2D eigenvalue weighted by molar-refractivity contribution is -0.00136. The summed E-state index contributed by atoms with van der Waals surface area (Å²) in [6.07, 6.45) is 4.58. The van der Waals surface area contributed by atoms with Gasteiger partial charge in [-0.15, -0.1) is 0 Å². The van der Waals surface area contributed by atoms with E-state index in [1.165, 1.54) is 7.11 Å². The average molecular weight is 413 g/mol. The van der Waals surface area contributed by atoms with E-state index in [2.05, 4.69) is 15.3 Å². The molecule has 2 aromatic rings. The van der Waals surface area contributed by atoms with Crippen molar-refractivity contribution in [1.29, 1.82) is 0 Å². The first-order valence-corrected chi connectivity index (χ1v) is 10.3. The van der Waals surface area contributed by atoms with Gasteiger partial charge in [-0.2, -0.15) is 0 Å². The molecule has 2 heterocycles. The molecule has 2 aliphatic rings. The van der Waals surface area contributed by atoms with Crippen molar-refractivity contribution in [3.63, 3.8) is 0 Å². The van der Waals surface area contributed by atoms with Gasteiger partial charge in [-0.05, 0) is 50.2 Å². The van der Waals surface area contributed by atoms with E-state index >= 15 is 0 Å². The van der Waals surface area contributed by atoms with Gasteiger partial charge in [0, 0.05) is 19.1 Å². The van der Waals surface area contributed by atoms with E-state index in [1.807, 2.05) is 18.2 Å². The fourth-order valence-corrected chi connectivity index (χ4v) is 3.72. The summed E-state index contributed by atoms with van der Waals surface area (Å²) in [5.74, 6) is 0.916. The van der Waals surface area contributed by atoms with Crippen molar-refractivity contribution in [3.05, 3.63) is 41.3 Å². The summed E-state index contributed by atoms with van der Waals surface area (Å²) in [6.45, 7) is 2.95. The summed E-state index contributed by atoms with van der Waals surface area (Å²) in [4.78, 5) is 21.3. The molecule has 2 N–H and O–H groups in total. The topological polar surface area (TPSA) is 103 Å². The van der Waals surface area contributed by atoms with Crippen LogP contribution in [0.15, 0.2) is 24.4 Å². The molecule has 1 aromatic carbocycles. The summed E-state index contributed by atoms with van der Waals surface area (Å²) >= 11 is 0. The number of hydrogen-bond acceptors (Lipinski definition) is 8. The van der Waals surface area contributed by atoms with Crippen LogP contribution in [-0.4, -0.2) is 47.7 Å². The molecule has 1 atom stereocenters. The van der Waals surface area contributed by atoms with Crippen LogP contribution >= 0.6 is 0 Å². The van der Waals surface area contributed by atoms with E-state index in [4.69, 9.17) is 14.2 Å². The number of esters is 1. The van der Waals surface area contributed by atoms with Crippen molar-refractivity contribution in [2.75, 3.05) is 25.6 Å². The van der Waals surface area contributed by atoms with Crippen LogP contribution < -0.4 is 10.1 Å². The normalized spacial score (nSPS) is 18.0. The lowest BCUT2D eigenvalue weighted by atomic mass is 9.90. The van der Waals surface area contributed by atoms with Crippen molar-refractivity contribution in [2.45, 2.75) is 50.7 Å². The number of para-hydroxylation sites is 1. The Balaban J connectivity index is 1.70. The lowest BCUT2D eigenvalue weighted by Gasteiger charge is -2.26. The highest BCUT2D eigenvalue weighted by Crippen LogP contribution is 2.41. The zero-order valence-electron chi connectivity index (χ0n) is 17.3. The van der Waals surface area contributed by atoms with E-state index in [0.717, 1.165) is 36.9 Å². The summed E-state index contributed by atoms with van der Waals surface area (Å²) < 4.78 is 16.2. The molecule has 4 rings (SSSR count). The van der Waals surface area contributed by atoms with Gasteiger partial charge >= 0.3 is 5.97 Å². The molecule has 1 aromatic heterocycles. The third-order valence-electron chi connectivity index (χ3n) is 5.41. The number of anilines is 2. The van der Waals surface area contributed by atoms with Gasteiger partial charge in [0.1, 0.15) is 5.75 Å². The average Bonchev–Trinajstić information content (AvgIpc) is 3.60. The SMILES string of the molecule is COC(=O)c1nc(C2CC2)cnc1Nc1cccc(C2CCOCC2)c1O[C@@H](C)O. The Morgan fingerprint density at radius 2 is 2.00 bits per heavy atom. The van der Waals surface area contributed by atoms with Gasteiger partial charge in [-0.25, -0.2) is 14.8 Å². The zero-order valence-corrected chi connectivity index (χ0v) is 17.3. The van der Waals surface area contributed by atoms with Crippen LogP contribution in [-0.2, 0) is 9.47 Å². The Bertz CT molecular complexity index is 908. The first kappa shape index (κ1) is 20.6. The highest BCUT2D eigenvalue weighted by atomic mass is 16.6. The number of hydrogen-bond donors (Lipinski definition) is 2. The molecule has 2 fully saturated rings. The molecule has 1 aliphatic carbocycles. The number of carbonyl (C=O) groups excluding carboxylic acids is 1. The number of rotatable bonds is 7. The van der Waals surface area contributed by atoms with Crippen LogP contribution in [0.25, 0.3) is 0 Å². The molecule has 1 saturated carbocycles. The highest BCUT2D eigenvalue weighted by molar-refractivity contribution is 5.93. The summed E-state index contributed by atoms with van der Waals surface area (Å²) in [6, 6.07) is 5.76. The molecular formula is C22H27N3O5. The highest BCUT2D eigenvalue weighted by Gasteiger charge is 2.29. The molecule has 160 valence electrons. The Kier molecular flexibility index (Phi) is 6.15. The second kappa shape index (κ2) is 8.97. The molecule has 30 heavy (non-hydrogen) atoms. The monoisotopic (exact) mass is 413 g/mol. The van der Waals surface area contributed by atoms with Gasteiger partial charge in [0.15, 0.2) is 17.8 Å². The predicted octanol–water partition coefficient (Wildman–Crippen LogP) is 3.50. The third-order valence-corrected chi connectivity index (χ3v) is 5.41. The second-order valence-corrected chi connectivity index (χ2v) is 7.71. The van der Waals surface area contributed by atoms with Crippen molar-refractivity contribution < 1.29 is 24.1 Å². The molecule has 0 unspecified atom stereocenters. The fraction of sp³-hybridized carbons (Fsp3) is 0.500. The van der Waals surface area contributed by atoms with Crippen LogP contribution in [0.4, 0.5) is 11.5 Å². The summed E-state index contributed by atoms with van der Waals surface area (Å²) in [5, 5.41) is 13.1. The molecule has 0 spiro atoms. The van der Waals surface area contributed by atoms with E-state index < -0.39 is 12.3 Å². The fourth-order valence-electron chi connectivity index (χ4n) is 3.72. The van der Waals surface area contributed by atoms with Crippen molar-refractivity contribution >= 4 is 17.5 Å². The van der Waals surface area contributed by atoms with Crippen LogP contribution in [0.2, 0.25) is 0 Å². The van der Waals surface area contributed by atoms with Crippen LogP contribution in [0.5, 0.6) is 5.75 Å². The third kappa shape index (κ3) is 4.55. The maximum Gasteiger partial charge on any atom is 0.360 e. The number of benzene rings is 1. The number of nitrogens with zero attached hydrogens (tertiary/aromatic N) is 2. The minimum Gasteiger partial charge on any atom is -0.464 e. The molecule has 1 saturated heterocycles. The van der Waals surface area contributed by atoms with E-state index in [-0.39, 0.29) is 11.6 Å². The minimum absolute atomic E-state index is 0.140. The van der Waals surface area contributed by atoms with Gasteiger partial charge in [0.05, 0.1) is 24.7 Å². The predicted molar refractivity (Wildman–Crippen MR) is 110 cm³/mol. The summed E-state index contributed by atoms with van der Waals surface area (Å²) in [7, 11) is 1.32. The molecule has 0 radical (unpaired) electrons. The van der Waals surface area contributed by atoms with Crippen molar-refractivity contribution in [2.24, 2.45) is 0 Å². The number of carbonyl (C=O) groups is 1. The molecule has 8 heteroatoms. The molecular weight excluding hydrogens is 386 g/mol. The summed E-state index contributed by atoms with van der Waals surface area (Å²) in [5.41, 5.74) is 2.55. The Morgan fingerprint density at radius 1 is 1.23 bits per heavy atom. The largest absolute Gasteiger partial charge is 0.464 e. The number of aromatic nitrogens is 2. The number of methoxy groups -OCH3 is 1. The standard InChI is InChI=1S/C22H27N3O5/c1-13(26)30-20-16(14-8-10-29-11-9-14)4-3-5-17(20)25-21-19(22(27)28-2)24-18(12-23-21)15-6-7-15/h3-5,12-15,26H,6-11H2,1-2H3,(H,23,25)/t13-/m0/s1. The number of aliphatic hydroxyl groups is 1. The van der Waals surface area contributed by atoms with Crippen LogP contribution in [0.1, 0.15) is 66.2 Å². The van der Waals surface area contributed by atoms with Gasteiger partial charge in [0.25, 0.3) is 0 Å². The molecule has 0 bridgehead atoms. The first-order valence-electron chi connectivity index (χ1n) is 10.3. The Morgan fingerprint density at radius 3 is 2.67 bits per heavy atom. The van der Waals surface area contributed by atoms with E-state index in [0.29, 0.717) is 36.4 Å². The Labute approximate surface area is 175 Å². The molecule has 8 nitrogen and oxygen atoms in total.